The zero-order valence-corrected chi connectivity index (χ0v) is 11.7. The predicted octanol–water partition coefficient (Wildman–Crippen LogP) is 2.47. The Kier molecular flexibility index (Phi) is 6.05. The van der Waals surface area contributed by atoms with Crippen molar-refractivity contribution in [1.29, 1.82) is 0 Å². The zero-order valence-electron chi connectivity index (χ0n) is 10.9. The second-order valence-corrected chi connectivity index (χ2v) is 5.08. The highest BCUT2D eigenvalue weighted by molar-refractivity contribution is 6.30. The average molecular weight is 289 g/mol. The summed E-state index contributed by atoms with van der Waals surface area (Å²) in [5.41, 5.74) is 0.367. The zero-order chi connectivity index (χ0) is 14.4. The summed E-state index contributed by atoms with van der Waals surface area (Å²) in [6.07, 6.45) is -0.975. The van der Waals surface area contributed by atoms with Crippen LogP contribution < -0.4 is 10.6 Å². The Balaban J connectivity index is 2.44. The van der Waals surface area contributed by atoms with E-state index in [4.69, 9.17) is 11.6 Å². The first kappa shape index (κ1) is 15.7. The largest absolute Gasteiger partial charge is 0.387 e. The first-order valence-electron chi connectivity index (χ1n) is 6.05. The molecule has 6 heteroatoms. The maximum Gasteiger partial charge on any atom is 0.314 e. The van der Waals surface area contributed by atoms with E-state index in [-0.39, 0.29) is 17.6 Å². The highest BCUT2D eigenvalue weighted by atomic mass is 35.5. The fraction of sp³-hybridized carbons (Fsp3) is 0.462. The van der Waals surface area contributed by atoms with Gasteiger partial charge in [-0.3, -0.25) is 0 Å². The predicted molar refractivity (Wildman–Crippen MR) is 72.6 cm³/mol. The minimum absolute atomic E-state index is 0.00131. The number of halogens is 2. The van der Waals surface area contributed by atoms with E-state index in [1.807, 2.05) is 13.8 Å². The van der Waals surface area contributed by atoms with Crippen LogP contribution in [0.3, 0.4) is 0 Å². The lowest BCUT2D eigenvalue weighted by Gasteiger charge is -2.14. The Morgan fingerprint density at radius 3 is 2.58 bits per heavy atom. The van der Waals surface area contributed by atoms with Crippen LogP contribution in [0.5, 0.6) is 0 Å². The summed E-state index contributed by atoms with van der Waals surface area (Å²) in [4.78, 5) is 11.4. The molecule has 0 aliphatic rings. The standard InChI is InChI=1S/C13H18ClFN2O2/c1-8(2)6-16-13(19)17-7-12(18)9-3-4-10(14)11(15)5-9/h3-5,8,12,18H,6-7H2,1-2H3,(H2,16,17,19). The van der Waals surface area contributed by atoms with Gasteiger partial charge in [0.25, 0.3) is 0 Å². The molecule has 3 N–H and O–H groups in total. The van der Waals surface area contributed by atoms with Crippen LogP contribution in [0, 0.1) is 11.7 Å². The van der Waals surface area contributed by atoms with Gasteiger partial charge in [-0.05, 0) is 23.6 Å². The van der Waals surface area contributed by atoms with E-state index >= 15 is 0 Å². The van der Waals surface area contributed by atoms with Gasteiger partial charge in [0, 0.05) is 13.1 Å². The van der Waals surface area contributed by atoms with Crippen molar-refractivity contribution in [1.82, 2.24) is 10.6 Å². The lowest BCUT2D eigenvalue weighted by molar-refractivity contribution is 0.172. The van der Waals surface area contributed by atoms with Crippen molar-refractivity contribution in [2.45, 2.75) is 20.0 Å². The second-order valence-electron chi connectivity index (χ2n) is 4.67. The first-order chi connectivity index (χ1) is 8.90. The number of carbonyl (C=O) groups is 1. The minimum atomic E-state index is -0.975. The molecular weight excluding hydrogens is 271 g/mol. The molecule has 1 atom stereocenters. The van der Waals surface area contributed by atoms with Gasteiger partial charge >= 0.3 is 6.03 Å². The van der Waals surface area contributed by atoms with Crippen molar-refractivity contribution in [3.8, 4) is 0 Å². The van der Waals surface area contributed by atoms with Crippen molar-refractivity contribution in [3.63, 3.8) is 0 Å². The van der Waals surface area contributed by atoms with E-state index in [1.54, 1.807) is 0 Å². The lowest BCUT2D eigenvalue weighted by atomic mass is 10.1. The van der Waals surface area contributed by atoms with Gasteiger partial charge in [0.2, 0.25) is 0 Å². The fourth-order valence-corrected chi connectivity index (χ4v) is 1.50. The molecule has 0 fully saturated rings. The molecule has 0 saturated heterocycles. The van der Waals surface area contributed by atoms with Crippen LogP contribution in [0.4, 0.5) is 9.18 Å². The Hall–Kier alpha value is -1.33. The van der Waals surface area contributed by atoms with Crippen LogP contribution in [0.25, 0.3) is 0 Å². The number of nitrogens with one attached hydrogen (secondary N) is 2. The van der Waals surface area contributed by atoms with E-state index in [1.165, 1.54) is 12.1 Å². The quantitative estimate of drug-likeness (QED) is 0.779. The molecule has 1 unspecified atom stereocenters. The number of hydrogen-bond donors (Lipinski definition) is 3. The third-order valence-electron chi connectivity index (χ3n) is 2.46. The number of aliphatic hydroxyl groups excluding tert-OH is 1. The topological polar surface area (TPSA) is 61.4 Å². The van der Waals surface area contributed by atoms with Crippen molar-refractivity contribution in [2.75, 3.05) is 13.1 Å². The van der Waals surface area contributed by atoms with Gasteiger partial charge in [0.15, 0.2) is 0 Å². The number of benzene rings is 1. The molecule has 0 bridgehead atoms. The Labute approximate surface area is 117 Å². The van der Waals surface area contributed by atoms with Crippen molar-refractivity contribution < 1.29 is 14.3 Å². The summed E-state index contributed by atoms with van der Waals surface area (Å²) in [6, 6.07) is 3.68. The van der Waals surface area contributed by atoms with Crippen LogP contribution in [0.1, 0.15) is 25.5 Å². The molecule has 1 aromatic rings. The van der Waals surface area contributed by atoms with E-state index in [9.17, 15) is 14.3 Å². The number of carbonyl (C=O) groups excluding carboxylic acids is 1. The molecule has 0 spiro atoms. The summed E-state index contributed by atoms with van der Waals surface area (Å²) in [5, 5.41) is 15.0. The van der Waals surface area contributed by atoms with E-state index in [2.05, 4.69) is 10.6 Å². The summed E-state index contributed by atoms with van der Waals surface area (Å²) in [7, 11) is 0. The number of hydrogen-bond acceptors (Lipinski definition) is 2. The van der Waals surface area contributed by atoms with Gasteiger partial charge in [-0.15, -0.1) is 0 Å². The Bertz CT molecular complexity index is 441. The number of aliphatic hydroxyl groups is 1. The van der Waals surface area contributed by atoms with Gasteiger partial charge in [-0.2, -0.15) is 0 Å². The fourth-order valence-electron chi connectivity index (χ4n) is 1.39. The normalized spacial score (nSPS) is 12.3. The van der Waals surface area contributed by atoms with Crippen molar-refractivity contribution in [2.24, 2.45) is 5.92 Å². The maximum atomic E-state index is 13.2. The summed E-state index contributed by atoms with van der Waals surface area (Å²) >= 11 is 5.55. The van der Waals surface area contributed by atoms with Gasteiger partial charge < -0.3 is 15.7 Å². The van der Waals surface area contributed by atoms with Crippen molar-refractivity contribution >= 4 is 17.6 Å². The van der Waals surface area contributed by atoms with E-state index in [0.717, 1.165) is 6.07 Å². The molecule has 1 rings (SSSR count). The third kappa shape index (κ3) is 5.44. The van der Waals surface area contributed by atoms with Crippen LogP contribution >= 0.6 is 11.6 Å². The van der Waals surface area contributed by atoms with Gasteiger partial charge in [0.05, 0.1) is 11.1 Å². The number of amides is 2. The molecule has 4 nitrogen and oxygen atoms in total. The van der Waals surface area contributed by atoms with Gasteiger partial charge in [0.1, 0.15) is 5.82 Å². The molecular formula is C13H18ClFN2O2. The first-order valence-corrected chi connectivity index (χ1v) is 6.42. The maximum absolute atomic E-state index is 13.2. The highest BCUT2D eigenvalue weighted by Gasteiger charge is 2.11. The number of urea groups is 1. The molecule has 1 aromatic carbocycles. The monoisotopic (exact) mass is 288 g/mol. The summed E-state index contributed by atoms with van der Waals surface area (Å²) in [5.74, 6) is -0.247. The van der Waals surface area contributed by atoms with E-state index in [0.29, 0.717) is 18.0 Å². The minimum Gasteiger partial charge on any atom is -0.387 e. The van der Waals surface area contributed by atoms with Crippen LogP contribution in [0.15, 0.2) is 18.2 Å². The SMILES string of the molecule is CC(C)CNC(=O)NCC(O)c1ccc(Cl)c(F)c1. The number of rotatable bonds is 5. The molecule has 0 aliphatic heterocycles. The van der Waals surface area contributed by atoms with Gasteiger partial charge in [-0.1, -0.05) is 31.5 Å². The smallest absolute Gasteiger partial charge is 0.314 e. The Morgan fingerprint density at radius 1 is 1.37 bits per heavy atom. The average Bonchev–Trinajstić information content (AvgIpc) is 2.36. The lowest BCUT2D eigenvalue weighted by Crippen LogP contribution is -2.39. The molecule has 19 heavy (non-hydrogen) atoms. The Morgan fingerprint density at radius 2 is 2.00 bits per heavy atom. The van der Waals surface area contributed by atoms with Gasteiger partial charge in [-0.25, -0.2) is 9.18 Å². The summed E-state index contributed by atoms with van der Waals surface area (Å²) in [6.45, 7) is 4.51. The molecule has 0 heterocycles. The molecule has 0 aromatic heterocycles. The molecule has 2 amide bonds. The van der Waals surface area contributed by atoms with E-state index < -0.39 is 11.9 Å². The van der Waals surface area contributed by atoms with Crippen LogP contribution in [0.2, 0.25) is 5.02 Å². The summed E-state index contributed by atoms with van der Waals surface area (Å²) < 4.78 is 13.2. The molecule has 0 saturated carbocycles. The molecule has 0 radical (unpaired) electrons. The second kappa shape index (κ2) is 7.31. The van der Waals surface area contributed by atoms with Crippen LogP contribution in [-0.2, 0) is 0 Å². The third-order valence-corrected chi connectivity index (χ3v) is 2.76. The van der Waals surface area contributed by atoms with Crippen LogP contribution in [-0.4, -0.2) is 24.2 Å². The van der Waals surface area contributed by atoms with Crippen molar-refractivity contribution in [3.05, 3.63) is 34.6 Å². The molecule has 106 valence electrons. The highest BCUT2D eigenvalue weighted by Crippen LogP contribution is 2.19. The molecule has 0 aliphatic carbocycles.